The third-order valence-corrected chi connectivity index (χ3v) is 11.1. The molecule has 3 aliphatic carbocycles. The van der Waals surface area contributed by atoms with Crippen LogP contribution in [-0.2, 0) is 12.8 Å². The first-order valence-electron chi connectivity index (χ1n) is 16.2. The molecule has 2 fully saturated rings. The Kier molecular flexibility index (Phi) is 10.7. The number of carbonyl (C=O) groups is 1. The lowest BCUT2D eigenvalue weighted by Crippen LogP contribution is -2.56. The van der Waals surface area contributed by atoms with Gasteiger partial charge in [-0.05, 0) is 87.1 Å². The molecule has 1 saturated carbocycles. The van der Waals surface area contributed by atoms with E-state index in [1.54, 1.807) is 6.07 Å². The zero-order chi connectivity index (χ0) is 31.5. The van der Waals surface area contributed by atoms with Gasteiger partial charge < -0.3 is 15.3 Å². The molecule has 4 aliphatic rings. The second-order valence-corrected chi connectivity index (χ2v) is 14.0. The predicted molar refractivity (Wildman–Crippen MR) is 173 cm³/mol. The fourth-order valence-corrected chi connectivity index (χ4v) is 8.11. The lowest BCUT2D eigenvalue weighted by atomic mass is 9.64. The Hall–Kier alpha value is -2.13. The van der Waals surface area contributed by atoms with E-state index < -0.39 is 22.9 Å². The van der Waals surface area contributed by atoms with Crippen LogP contribution >= 0.6 is 11.6 Å². The number of aliphatic hydroxyl groups is 3. The number of piperazine rings is 1. The van der Waals surface area contributed by atoms with Gasteiger partial charge in [0, 0.05) is 67.3 Å². The molecule has 0 aromatic heterocycles. The Balaban J connectivity index is 1.52. The van der Waals surface area contributed by atoms with Crippen LogP contribution in [-0.4, -0.2) is 88.5 Å². The van der Waals surface area contributed by atoms with E-state index in [2.05, 4.69) is 29.7 Å². The van der Waals surface area contributed by atoms with E-state index in [0.717, 1.165) is 63.0 Å². The fraction of sp³-hybridized carbons (Fsp3) is 0.583. The van der Waals surface area contributed by atoms with E-state index in [9.17, 15) is 24.5 Å². The van der Waals surface area contributed by atoms with Crippen LogP contribution in [0.4, 0.5) is 4.39 Å². The maximum absolute atomic E-state index is 14.8. The summed E-state index contributed by atoms with van der Waals surface area (Å²) in [5.74, 6) is -0.778. The number of aliphatic hydroxyl groups excluding tert-OH is 2. The van der Waals surface area contributed by atoms with Crippen molar-refractivity contribution < 1.29 is 24.5 Å². The van der Waals surface area contributed by atoms with Crippen molar-refractivity contribution in [2.24, 2.45) is 5.41 Å². The standard InChI is InChI=1S/C36H48ClFN2O4/c1-25-5-4-13-35(2)31(12-14-36(35,44)24-40-17-15-39(16-18-40)19-20-41)28-11-9-26(21-27(42)10-8-25)22-29(28)34(43)23-30-32(37)6-3-7-33(30)38/h3,5-7,9,11,22,27,31,41-42,44H,4,8,10,12-21,23-24H2,1-2H3. The molecular formula is C36H48ClFN2O4. The van der Waals surface area contributed by atoms with Gasteiger partial charge in [0.2, 0.25) is 0 Å². The number of carbonyl (C=O) groups excluding carboxylic acids is 1. The van der Waals surface area contributed by atoms with Crippen LogP contribution in [0, 0.1) is 11.2 Å². The molecule has 2 bridgehead atoms. The summed E-state index contributed by atoms with van der Waals surface area (Å²) in [6, 6.07) is 10.4. The molecule has 6 rings (SSSR count). The third-order valence-electron chi connectivity index (χ3n) is 10.7. The predicted octanol–water partition coefficient (Wildman–Crippen LogP) is 5.55. The summed E-state index contributed by atoms with van der Waals surface area (Å²) in [6.07, 6.45) is 6.34. The highest BCUT2D eigenvalue weighted by Gasteiger charge is 2.57. The van der Waals surface area contributed by atoms with E-state index >= 15 is 0 Å². The number of benzene rings is 2. The number of β-amino-alcohol motifs (C(OH)–C–C–N with tert-alkyl or cyclic N) is 2. The lowest BCUT2D eigenvalue weighted by Gasteiger charge is -2.47. The molecule has 4 atom stereocenters. The van der Waals surface area contributed by atoms with Crippen molar-refractivity contribution in [3.8, 4) is 0 Å². The van der Waals surface area contributed by atoms with Gasteiger partial charge in [-0.1, -0.05) is 48.4 Å². The normalized spacial score (nSPS) is 28.8. The molecule has 2 aromatic rings. The maximum Gasteiger partial charge on any atom is 0.167 e. The van der Waals surface area contributed by atoms with Gasteiger partial charge in [-0.15, -0.1) is 0 Å². The molecule has 6 nitrogen and oxygen atoms in total. The van der Waals surface area contributed by atoms with E-state index in [4.69, 9.17) is 11.6 Å². The molecule has 240 valence electrons. The van der Waals surface area contributed by atoms with E-state index in [-0.39, 0.29) is 35.3 Å². The molecule has 44 heavy (non-hydrogen) atoms. The Morgan fingerprint density at radius 1 is 1.09 bits per heavy atom. The second kappa shape index (κ2) is 14.1. The van der Waals surface area contributed by atoms with Crippen LogP contribution in [0.1, 0.15) is 85.3 Å². The SMILES string of the molecule is CC1=CCCC2(C)C(CCC2(O)CN2CCN(CCO)CC2)c2ccc(cc2C(=O)Cc2c(F)cccc2Cl)CC(O)CC1. The number of allylic oxidation sites excluding steroid dienone is 2. The van der Waals surface area contributed by atoms with Gasteiger partial charge in [0.1, 0.15) is 5.82 Å². The Labute approximate surface area is 266 Å². The van der Waals surface area contributed by atoms with Crippen LogP contribution < -0.4 is 0 Å². The Morgan fingerprint density at radius 2 is 1.84 bits per heavy atom. The van der Waals surface area contributed by atoms with Crippen molar-refractivity contribution in [2.45, 2.75) is 82.8 Å². The number of halogens is 2. The minimum atomic E-state index is -0.959. The highest BCUT2D eigenvalue weighted by atomic mass is 35.5. The molecule has 0 radical (unpaired) electrons. The number of hydrogen-bond acceptors (Lipinski definition) is 6. The van der Waals surface area contributed by atoms with Crippen LogP contribution in [0.3, 0.4) is 0 Å². The first kappa shape index (κ1) is 33.2. The number of rotatable bonds is 7. The van der Waals surface area contributed by atoms with Crippen molar-refractivity contribution in [3.05, 3.63) is 81.1 Å². The van der Waals surface area contributed by atoms with Gasteiger partial charge in [-0.2, -0.15) is 0 Å². The number of Topliss-reactive ketones (excluding diaryl/α,β-unsaturated/α-hetero) is 1. The van der Waals surface area contributed by atoms with Crippen LogP contribution in [0.25, 0.3) is 0 Å². The molecular weight excluding hydrogens is 579 g/mol. The van der Waals surface area contributed by atoms with E-state index in [1.165, 1.54) is 17.7 Å². The Bertz CT molecular complexity index is 1340. The van der Waals surface area contributed by atoms with Crippen molar-refractivity contribution in [2.75, 3.05) is 45.9 Å². The zero-order valence-corrected chi connectivity index (χ0v) is 27.0. The second-order valence-electron chi connectivity index (χ2n) is 13.6. The Morgan fingerprint density at radius 3 is 2.57 bits per heavy atom. The summed E-state index contributed by atoms with van der Waals surface area (Å²) in [4.78, 5) is 18.7. The highest BCUT2D eigenvalue weighted by molar-refractivity contribution is 6.31. The molecule has 3 N–H and O–H groups in total. The zero-order valence-electron chi connectivity index (χ0n) is 26.2. The van der Waals surface area contributed by atoms with Crippen LogP contribution in [0.15, 0.2) is 48.0 Å². The summed E-state index contributed by atoms with van der Waals surface area (Å²) in [6.45, 7) is 9.11. The van der Waals surface area contributed by atoms with Gasteiger partial charge >= 0.3 is 0 Å². The fourth-order valence-electron chi connectivity index (χ4n) is 7.88. The highest BCUT2D eigenvalue weighted by Crippen LogP contribution is 2.58. The lowest BCUT2D eigenvalue weighted by molar-refractivity contribution is -0.0888. The minimum absolute atomic E-state index is 0.0751. The number of nitrogens with zero attached hydrogens (tertiary/aromatic N) is 2. The van der Waals surface area contributed by atoms with Gasteiger partial charge in [-0.25, -0.2) is 4.39 Å². The monoisotopic (exact) mass is 626 g/mol. The quantitative estimate of drug-likeness (QED) is 0.276. The maximum atomic E-state index is 14.8. The van der Waals surface area contributed by atoms with E-state index in [0.29, 0.717) is 37.9 Å². The molecule has 4 unspecified atom stereocenters. The molecule has 0 amide bonds. The molecule has 2 aromatic carbocycles. The summed E-state index contributed by atoms with van der Waals surface area (Å²) < 4.78 is 14.8. The smallest absolute Gasteiger partial charge is 0.167 e. The third kappa shape index (κ3) is 7.14. The van der Waals surface area contributed by atoms with Crippen molar-refractivity contribution in [1.82, 2.24) is 9.80 Å². The summed E-state index contributed by atoms with van der Waals surface area (Å²) in [7, 11) is 0. The van der Waals surface area contributed by atoms with Crippen molar-refractivity contribution >= 4 is 17.4 Å². The first-order valence-corrected chi connectivity index (χ1v) is 16.6. The van der Waals surface area contributed by atoms with Crippen molar-refractivity contribution in [3.63, 3.8) is 0 Å². The average Bonchev–Trinajstić information content (AvgIpc) is 3.24. The molecule has 0 spiro atoms. The van der Waals surface area contributed by atoms with Gasteiger partial charge in [0.05, 0.1) is 18.3 Å². The van der Waals surface area contributed by atoms with Crippen molar-refractivity contribution in [1.29, 1.82) is 0 Å². The molecule has 1 heterocycles. The molecule has 1 saturated heterocycles. The minimum Gasteiger partial charge on any atom is -0.395 e. The van der Waals surface area contributed by atoms with Crippen LogP contribution in [0.5, 0.6) is 0 Å². The first-order chi connectivity index (χ1) is 21.0. The topological polar surface area (TPSA) is 84.2 Å². The van der Waals surface area contributed by atoms with Gasteiger partial charge in [0.25, 0.3) is 0 Å². The summed E-state index contributed by atoms with van der Waals surface area (Å²) in [5, 5.41) is 33.0. The summed E-state index contributed by atoms with van der Waals surface area (Å²) >= 11 is 6.34. The van der Waals surface area contributed by atoms with Gasteiger partial charge in [0.15, 0.2) is 5.78 Å². The average molecular weight is 627 g/mol. The molecule has 1 aliphatic heterocycles. The molecule has 8 heteroatoms. The van der Waals surface area contributed by atoms with Crippen LogP contribution in [0.2, 0.25) is 5.02 Å². The van der Waals surface area contributed by atoms with Gasteiger partial charge in [-0.3, -0.25) is 14.6 Å². The summed E-state index contributed by atoms with van der Waals surface area (Å²) in [5.41, 5.74) is 2.27. The number of hydrogen-bond donors (Lipinski definition) is 3. The van der Waals surface area contributed by atoms with E-state index in [1.807, 2.05) is 18.2 Å². The number of ketones is 1. The largest absolute Gasteiger partial charge is 0.395 e. The number of fused-ring (bicyclic) bond motifs is 8.